The summed E-state index contributed by atoms with van der Waals surface area (Å²) in [6.45, 7) is 2.17. The molecule has 0 saturated carbocycles. The Bertz CT molecular complexity index is 847. The first-order valence-corrected chi connectivity index (χ1v) is 7.85. The van der Waals surface area contributed by atoms with Gasteiger partial charge in [-0.15, -0.1) is 0 Å². The maximum atomic E-state index is 11.8. The van der Waals surface area contributed by atoms with Crippen LogP contribution in [0.1, 0.15) is 28.7 Å². The zero-order chi connectivity index (χ0) is 14.4. The highest BCUT2D eigenvalue weighted by Crippen LogP contribution is 2.39. The summed E-state index contributed by atoms with van der Waals surface area (Å²) in [6, 6.07) is 8.50. The summed E-state index contributed by atoms with van der Waals surface area (Å²) in [5.74, 6) is -0.349. The van der Waals surface area contributed by atoms with Crippen molar-refractivity contribution in [3.05, 3.63) is 47.4 Å². The molecule has 0 fully saturated rings. The van der Waals surface area contributed by atoms with Crippen LogP contribution in [0.25, 0.3) is 15.4 Å². The lowest BCUT2D eigenvalue weighted by Crippen LogP contribution is -2.06. The SMILES string of the molecule is CCOC(=O)c1cn2c3c(sc2n1)-c1ccccc1CC3. The van der Waals surface area contributed by atoms with Crippen LogP contribution in [-0.2, 0) is 17.6 Å². The molecule has 5 heteroatoms. The van der Waals surface area contributed by atoms with Crippen LogP contribution in [-0.4, -0.2) is 22.0 Å². The Balaban J connectivity index is 1.85. The molecule has 0 aliphatic heterocycles. The summed E-state index contributed by atoms with van der Waals surface area (Å²) < 4.78 is 7.06. The molecule has 0 saturated heterocycles. The predicted octanol–water partition coefficient (Wildman–Crippen LogP) is 3.34. The smallest absolute Gasteiger partial charge is 0.358 e. The highest BCUT2D eigenvalue weighted by molar-refractivity contribution is 7.20. The number of aromatic nitrogens is 2. The van der Waals surface area contributed by atoms with Crippen LogP contribution in [0, 0.1) is 0 Å². The van der Waals surface area contributed by atoms with Crippen molar-refractivity contribution < 1.29 is 9.53 Å². The molecule has 1 aliphatic rings. The number of nitrogens with zero attached hydrogens (tertiary/aromatic N) is 2. The quantitative estimate of drug-likeness (QED) is 0.682. The van der Waals surface area contributed by atoms with Gasteiger partial charge in [0.2, 0.25) is 0 Å². The van der Waals surface area contributed by atoms with Crippen molar-refractivity contribution in [3.8, 4) is 10.4 Å². The summed E-state index contributed by atoms with van der Waals surface area (Å²) in [5, 5.41) is 0. The van der Waals surface area contributed by atoms with Crippen molar-refractivity contribution in [1.82, 2.24) is 9.38 Å². The maximum absolute atomic E-state index is 11.8. The van der Waals surface area contributed by atoms with Gasteiger partial charge in [0.05, 0.1) is 11.5 Å². The summed E-state index contributed by atoms with van der Waals surface area (Å²) in [5.41, 5.74) is 4.33. The minimum Gasteiger partial charge on any atom is -0.461 e. The molecule has 0 bridgehead atoms. The Morgan fingerprint density at radius 1 is 1.38 bits per heavy atom. The number of esters is 1. The van der Waals surface area contributed by atoms with E-state index in [0.717, 1.165) is 17.8 Å². The summed E-state index contributed by atoms with van der Waals surface area (Å²) in [4.78, 5) is 18.3. The average molecular weight is 298 g/mol. The van der Waals surface area contributed by atoms with Crippen LogP contribution in [0.3, 0.4) is 0 Å². The van der Waals surface area contributed by atoms with E-state index in [1.54, 1.807) is 24.5 Å². The molecule has 4 rings (SSSR count). The Hall–Kier alpha value is -2.14. The van der Waals surface area contributed by atoms with Crippen LogP contribution in [0.15, 0.2) is 30.5 Å². The Morgan fingerprint density at radius 3 is 3.10 bits per heavy atom. The third kappa shape index (κ3) is 1.88. The molecule has 3 aromatic rings. The van der Waals surface area contributed by atoms with Gasteiger partial charge in [-0.25, -0.2) is 9.78 Å². The number of hydrogen-bond donors (Lipinski definition) is 0. The third-order valence-electron chi connectivity index (χ3n) is 3.80. The Kier molecular flexibility index (Phi) is 2.82. The number of carbonyl (C=O) groups is 1. The van der Waals surface area contributed by atoms with Crippen molar-refractivity contribution in [2.45, 2.75) is 19.8 Å². The third-order valence-corrected chi connectivity index (χ3v) is 4.93. The molecule has 1 aliphatic carbocycles. The number of imidazole rings is 1. The highest BCUT2D eigenvalue weighted by Gasteiger charge is 2.23. The van der Waals surface area contributed by atoms with Gasteiger partial charge in [0.25, 0.3) is 0 Å². The fourth-order valence-corrected chi connectivity index (χ4v) is 4.06. The molecule has 0 atom stereocenters. The van der Waals surface area contributed by atoms with Gasteiger partial charge < -0.3 is 4.74 Å². The van der Waals surface area contributed by atoms with Crippen LogP contribution in [0.4, 0.5) is 0 Å². The normalized spacial score (nSPS) is 13.0. The maximum Gasteiger partial charge on any atom is 0.358 e. The molecule has 2 heterocycles. The van der Waals surface area contributed by atoms with Gasteiger partial charge in [0, 0.05) is 11.9 Å². The van der Waals surface area contributed by atoms with E-state index in [-0.39, 0.29) is 5.97 Å². The minimum absolute atomic E-state index is 0.349. The molecule has 0 amide bonds. The van der Waals surface area contributed by atoms with Gasteiger partial charge in [-0.05, 0) is 30.9 Å². The molecule has 0 unspecified atom stereocenters. The molecule has 21 heavy (non-hydrogen) atoms. The number of aryl methyl sites for hydroxylation is 2. The standard InChI is InChI=1S/C16H14N2O2S/c1-2-20-15(19)12-9-18-13-8-7-10-5-3-4-6-11(10)14(13)21-16(18)17-12/h3-6,9H,2,7-8H2,1H3. The van der Waals surface area contributed by atoms with Crippen LogP contribution in [0.2, 0.25) is 0 Å². The molecular weight excluding hydrogens is 284 g/mol. The Labute approximate surface area is 126 Å². The number of fused-ring (bicyclic) bond motifs is 5. The zero-order valence-electron chi connectivity index (χ0n) is 11.6. The fraction of sp³-hybridized carbons (Fsp3) is 0.250. The van der Waals surface area contributed by atoms with Gasteiger partial charge in [-0.3, -0.25) is 4.40 Å². The number of rotatable bonds is 2. The summed E-state index contributed by atoms with van der Waals surface area (Å²) >= 11 is 1.64. The van der Waals surface area contributed by atoms with E-state index in [1.165, 1.54) is 21.7 Å². The first-order valence-electron chi connectivity index (χ1n) is 7.04. The fourth-order valence-electron chi connectivity index (χ4n) is 2.85. The van der Waals surface area contributed by atoms with Crippen LogP contribution in [0.5, 0.6) is 0 Å². The second-order valence-corrected chi connectivity index (χ2v) is 6.01. The van der Waals surface area contributed by atoms with Crippen molar-refractivity contribution >= 4 is 22.3 Å². The molecule has 0 N–H and O–H groups in total. The van der Waals surface area contributed by atoms with E-state index in [4.69, 9.17) is 4.74 Å². The van der Waals surface area contributed by atoms with E-state index in [1.807, 2.05) is 4.40 Å². The zero-order valence-corrected chi connectivity index (χ0v) is 12.4. The minimum atomic E-state index is -0.349. The van der Waals surface area contributed by atoms with Gasteiger partial charge in [0.15, 0.2) is 10.7 Å². The van der Waals surface area contributed by atoms with E-state index in [2.05, 4.69) is 29.2 Å². The van der Waals surface area contributed by atoms with Crippen molar-refractivity contribution in [2.24, 2.45) is 0 Å². The van der Waals surface area contributed by atoms with Crippen LogP contribution < -0.4 is 0 Å². The number of ether oxygens (including phenoxy) is 1. The predicted molar refractivity (Wildman–Crippen MR) is 81.9 cm³/mol. The topological polar surface area (TPSA) is 43.6 Å². The number of thiazole rings is 1. The molecule has 0 spiro atoms. The molecular formula is C16H14N2O2S. The lowest BCUT2D eigenvalue weighted by Gasteiger charge is -2.15. The average Bonchev–Trinajstić information content (AvgIpc) is 3.05. The summed E-state index contributed by atoms with van der Waals surface area (Å²) in [6.07, 6.45) is 3.81. The second-order valence-electron chi connectivity index (χ2n) is 5.03. The first kappa shape index (κ1) is 12.6. The van der Waals surface area contributed by atoms with Gasteiger partial charge in [0.1, 0.15) is 0 Å². The van der Waals surface area contributed by atoms with Gasteiger partial charge in [-0.2, -0.15) is 0 Å². The van der Waals surface area contributed by atoms with E-state index in [0.29, 0.717) is 12.3 Å². The number of benzene rings is 1. The van der Waals surface area contributed by atoms with E-state index < -0.39 is 0 Å². The lowest BCUT2D eigenvalue weighted by atomic mass is 9.94. The van der Waals surface area contributed by atoms with E-state index >= 15 is 0 Å². The number of carbonyl (C=O) groups excluding carboxylic acids is 1. The molecule has 0 radical (unpaired) electrons. The lowest BCUT2D eigenvalue weighted by molar-refractivity contribution is 0.0520. The molecule has 4 nitrogen and oxygen atoms in total. The number of hydrogen-bond acceptors (Lipinski definition) is 4. The Morgan fingerprint density at radius 2 is 2.24 bits per heavy atom. The highest BCUT2D eigenvalue weighted by atomic mass is 32.1. The van der Waals surface area contributed by atoms with E-state index in [9.17, 15) is 4.79 Å². The monoisotopic (exact) mass is 298 g/mol. The molecule has 1 aromatic carbocycles. The summed E-state index contributed by atoms with van der Waals surface area (Å²) in [7, 11) is 0. The van der Waals surface area contributed by atoms with Crippen molar-refractivity contribution in [3.63, 3.8) is 0 Å². The van der Waals surface area contributed by atoms with Crippen molar-refractivity contribution in [2.75, 3.05) is 6.61 Å². The van der Waals surface area contributed by atoms with Crippen molar-refractivity contribution in [1.29, 1.82) is 0 Å². The van der Waals surface area contributed by atoms with Crippen LogP contribution >= 0.6 is 11.3 Å². The molecule has 2 aromatic heterocycles. The van der Waals surface area contributed by atoms with Gasteiger partial charge in [-0.1, -0.05) is 35.6 Å². The first-order chi connectivity index (χ1) is 10.3. The molecule has 106 valence electrons. The second kappa shape index (κ2) is 4.70. The van der Waals surface area contributed by atoms with Gasteiger partial charge >= 0.3 is 5.97 Å². The largest absolute Gasteiger partial charge is 0.461 e.